The highest BCUT2D eigenvalue weighted by Gasteiger charge is 2.09. The summed E-state index contributed by atoms with van der Waals surface area (Å²) in [5, 5.41) is 0. The van der Waals surface area contributed by atoms with Crippen molar-refractivity contribution in [2.24, 2.45) is 11.8 Å². The van der Waals surface area contributed by atoms with E-state index in [0.717, 1.165) is 11.8 Å². The van der Waals surface area contributed by atoms with Crippen molar-refractivity contribution < 1.29 is 0 Å². The van der Waals surface area contributed by atoms with Crippen molar-refractivity contribution in [3.8, 4) is 0 Å². The van der Waals surface area contributed by atoms with Gasteiger partial charge in [0.25, 0.3) is 0 Å². The van der Waals surface area contributed by atoms with Gasteiger partial charge in [-0.2, -0.15) is 0 Å². The van der Waals surface area contributed by atoms with Crippen molar-refractivity contribution in [1.29, 1.82) is 0 Å². The third-order valence-corrected chi connectivity index (χ3v) is 7.49. The topological polar surface area (TPSA) is 0 Å². The molecule has 0 amide bonds. The van der Waals surface area contributed by atoms with Crippen molar-refractivity contribution >= 4 is 0 Å². The van der Waals surface area contributed by atoms with Gasteiger partial charge >= 0.3 is 0 Å². The standard InChI is InChI=1S/2C5H10.4C4H8.2C3H6.10C2H6/c2*1-5-3-2-4-5;4*1-2-4-3-1;2*1-2-3-1;10*1-2/h2*5H,2-4H2,1H3;4*1-4H2;2*1-3H2;10*1-2H3. The summed E-state index contributed by atoms with van der Waals surface area (Å²) in [5.74, 6) is 2.13. The Morgan fingerprint density at radius 2 is 0.212 bits per heavy atom. The molecule has 0 bridgehead atoms. The second-order valence-electron chi connectivity index (χ2n) is 11.9. The van der Waals surface area contributed by atoms with E-state index in [1.54, 1.807) is 0 Å². The van der Waals surface area contributed by atoms with Crippen LogP contribution in [0.2, 0.25) is 0 Å². The van der Waals surface area contributed by atoms with Crippen LogP contribution in [0.1, 0.15) is 332 Å². The van der Waals surface area contributed by atoms with Gasteiger partial charge in [0.2, 0.25) is 0 Å². The van der Waals surface area contributed by atoms with Crippen LogP contribution < -0.4 is 0 Å². The molecule has 0 unspecified atom stereocenters. The predicted molar refractivity (Wildman–Crippen MR) is 261 cm³/mol. The highest BCUT2D eigenvalue weighted by atomic mass is 14.2. The van der Waals surface area contributed by atoms with Crippen LogP contribution in [0.25, 0.3) is 0 Å². The van der Waals surface area contributed by atoms with E-state index in [-0.39, 0.29) is 0 Å². The van der Waals surface area contributed by atoms with Crippen LogP contribution in [0.3, 0.4) is 0 Å². The molecule has 52 heavy (non-hydrogen) atoms. The molecule has 0 aromatic rings. The van der Waals surface area contributed by atoms with E-state index >= 15 is 0 Å². The van der Waals surface area contributed by atoms with Crippen molar-refractivity contribution in [3.63, 3.8) is 0 Å². The van der Waals surface area contributed by atoms with Gasteiger partial charge in [0.05, 0.1) is 0 Å². The minimum absolute atomic E-state index is 1.06. The minimum Gasteiger partial charge on any atom is -0.0683 e. The van der Waals surface area contributed by atoms with Crippen LogP contribution in [0.4, 0.5) is 0 Å². The molecule has 0 heteroatoms. The molecule has 8 aliphatic rings. The highest BCUT2D eigenvalue weighted by molar-refractivity contribution is 4.63. The molecule has 0 radical (unpaired) electrons. The van der Waals surface area contributed by atoms with Gasteiger partial charge < -0.3 is 0 Å². The second-order valence-corrected chi connectivity index (χ2v) is 11.9. The summed E-state index contributed by atoms with van der Waals surface area (Å²) in [6.07, 6.45) is 41.9. The van der Waals surface area contributed by atoms with Gasteiger partial charge in [-0.3, -0.25) is 0 Å². The molecule has 0 aliphatic heterocycles. The molecule has 0 nitrogen and oxygen atoms in total. The van der Waals surface area contributed by atoms with Gasteiger partial charge in [-0.15, -0.1) is 0 Å². The summed E-state index contributed by atoms with van der Waals surface area (Å²) in [5.41, 5.74) is 0. The molecule has 0 atom stereocenters. The maximum Gasteiger partial charge on any atom is -0.0443 e. The summed E-state index contributed by atoms with van der Waals surface area (Å²) in [7, 11) is 0. The maximum atomic E-state index is 2.31. The second kappa shape index (κ2) is 110. The largest absolute Gasteiger partial charge is 0.0683 e. The Morgan fingerprint density at radius 3 is 0.212 bits per heavy atom. The maximum absolute atomic E-state index is 2.31. The van der Waals surface area contributed by atoms with Gasteiger partial charge in [-0.25, -0.2) is 0 Å². The first-order valence-electron chi connectivity index (χ1n) is 25.8. The Kier molecular flexibility index (Phi) is 163. The van der Waals surface area contributed by atoms with Gasteiger partial charge in [0.15, 0.2) is 0 Å². The van der Waals surface area contributed by atoms with Gasteiger partial charge in [-0.1, -0.05) is 332 Å². The molecule has 0 N–H and O–H groups in total. The lowest BCUT2D eigenvalue weighted by Gasteiger charge is -2.18. The zero-order valence-corrected chi connectivity index (χ0v) is 43.0. The molecule has 8 fully saturated rings. The van der Waals surface area contributed by atoms with Gasteiger partial charge in [0.1, 0.15) is 0 Å². The smallest absolute Gasteiger partial charge is 0.0443 e. The van der Waals surface area contributed by atoms with Crippen LogP contribution in [-0.2, 0) is 0 Å². The zero-order valence-electron chi connectivity index (χ0n) is 43.0. The van der Waals surface area contributed by atoms with E-state index in [0.29, 0.717) is 0 Å². The molecular formula is C52H124. The first kappa shape index (κ1) is 76.7. The van der Waals surface area contributed by atoms with Gasteiger partial charge in [-0.05, 0) is 11.8 Å². The highest BCUT2D eigenvalue weighted by Crippen LogP contribution is 2.25. The molecule has 0 aromatic heterocycles. The van der Waals surface area contributed by atoms with Crippen LogP contribution in [-0.4, -0.2) is 0 Å². The third kappa shape index (κ3) is 133. The monoisotopic (exact) mass is 749 g/mol. The molecule has 0 saturated heterocycles. The lowest BCUT2D eigenvalue weighted by molar-refractivity contribution is 0.346. The lowest BCUT2D eigenvalue weighted by atomic mass is 9.88. The van der Waals surface area contributed by atoms with Crippen LogP contribution in [0.5, 0.6) is 0 Å². The number of hydrogen-bond acceptors (Lipinski definition) is 0. The average Bonchev–Trinajstić information content (AvgIpc) is 4.01. The Labute approximate surface area is 342 Å². The van der Waals surface area contributed by atoms with E-state index in [1.807, 2.05) is 138 Å². The average molecular weight is 750 g/mol. The van der Waals surface area contributed by atoms with Crippen molar-refractivity contribution in [2.75, 3.05) is 0 Å². The van der Waals surface area contributed by atoms with Crippen molar-refractivity contribution in [3.05, 3.63) is 0 Å². The fourth-order valence-corrected chi connectivity index (χ4v) is 2.22. The fourth-order valence-electron chi connectivity index (χ4n) is 2.22. The first-order chi connectivity index (χ1) is 25.8. The summed E-state index contributed by atoms with van der Waals surface area (Å²) in [6.45, 7) is 44.6. The van der Waals surface area contributed by atoms with Crippen molar-refractivity contribution in [2.45, 2.75) is 332 Å². The normalized spacial score (nSPS) is 16.3. The van der Waals surface area contributed by atoms with E-state index in [4.69, 9.17) is 0 Å². The molecule has 332 valence electrons. The minimum atomic E-state index is 1.06. The lowest BCUT2D eigenvalue weighted by Crippen LogP contribution is -2.04. The predicted octanol–water partition coefficient (Wildman–Crippen LogP) is 22.5. The first-order valence-corrected chi connectivity index (χ1v) is 25.8. The molecule has 8 rings (SSSR count). The van der Waals surface area contributed by atoms with E-state index in [9.17, 15) is 0 Å². The van der Waals surface area contributed by atoms with Crippen LogP contribution >= 0.6 is 0 Å². The molecule has 0 heterocycles. The summed E-state index contributed by atoms with van der Waals surface area (Å²) >= 11 is 0. The Hall–Kier alpha value is 0. The van der Waals surface area contributed by atoms with Crippen LogP contribution in [0.15, 0.2) is 0 Å². The zero-order chi connectivity index (χ0) is 43.0. The van der Waals surface area contributed by atoms with E-state index < -0.39 is 0 Å². The molecule has 0 spiro atoms. The quantitative estimate of drug-likeness (QED) is 0.231. The fraction of sp³-hybridized carbons (Fsp3) is 1.00. The molecule has 0 aromatic carbocycles. The molecular weight excluding hydrogens is 625 g/mol. The Bertz CT molecular complexity index is 246. The third-order valence-electron chi connectivity index (χ3n) is 7.49. The van der Waals surface area contributed by atoms with E-state index in [2.05, 4.69) is 13.8 Å². The van der Waals surface area contributed by atoms with Gasteiger partial charge in [0, 0.05) is 0 Å². The Morgan fingerprint density at radius 1 is 0.154 bits per heavy atom. The summed E-state index contributed by atoms with van der Waals surface area (Å²) < 4.78 is 0. The summed E-state index contributed by atoms with van der Waals surface area (Å²) in [6, 6.07) is 0. The van der Waals surface area contributed by atoms with Crippen LogP contribution in [0, 0.1) is 11.8 Å². The Balaban J connectivity index is -0.0000000456. The summed E-state index contributed by atoms with van der Waals surface area (Å²) in [4.78, 5) is 0. The van der Waals surface area contributed by atoms with Crippen molar-refractivity contribution in [1.82, 2.24) is 0 Å². The molecule has 8 saturated carbocycles. The molecule has 8 aliphatic carbocycles. The number of hydrogen-bond donors (Lipinski definition) is 0. The SMILES string of the molecule is C1CC1.C1CC1.C1CCC1.C1CCC1.C1CCC1.C1CCC1.CC.CC.CC.CC.CC.CC.CC.CC.CC.CC.CC1CCC1.CC1CCC1. The number of rotatable bonds is 0. The van der Waals surface area contributed by atoms with E-state index in [1.165, 1.54) is 180 Å².